The van der Waals surface area contributed by atoms with Crippen LogP contribution in [-0.4, -0.2) is 6.04 Å². The van der Waals surface area contributed by atoms with Gasteiger partial charge in [0.15, 0.2) is 0 Å². The van der Waals surface area contributed by atoms with E-state index >= 15 is 0 Å². The van der Waals surface area contributed by atoms with E-state index < -0.39 is 0 Å². The molecule has 0 heterocycles. The molecule has 3 atom stereocenters. The lowest BCUT2D eigenvalue weighted by atomic mass is 9.73. The first-order valence-electron chi connectivity index (χ1n) is 8.79. The van der Waals surface area contributed by atoms with Crippen molar-refractivity contribution < 1.29 is 0 Å². The standard InChI is InChI=1S/C17H36N2/c1-3-5-6-7-8-9-14-17(19-18)16-13-11-10-12-15(16)4-2/h15-17,19H,3-14,18H2,1-2H3. The van der Waals surface area contributed by atoms with Gasteiger partial charge in [-0.05, 0) is 24.7 Å². The quantitative estimate of drug-likeness (QED) is 0.340. The molecule has 1 aliphatic rings. The van der Waals surface area contributed by atoms with Gasteiger partial charge in [-0.25, -0.2) is 0 Å². The van der Waals surface area contributed by atoms with Crippen LogP contribution in [0.1, 0.15) is 90.9 Å². The summed E-state index contributed by atoms with van der Waals surface area (Å²) in [4.78, 5) is 0. The first-order chi connectivity index (χ1) is 9.33. The summed E-state index contributed by atoms with van der Waals surface area (Å²) in [5.41, 5.74) is 3.14. The molecule has 19 heavy (non-hydrogen) atoms. The van der Waals surface area contributed by atoms with Crippen molar-refractivity contribution in [1.82, 2.24) is 5.43 Å². The Morgan fingerprint density at radius 2 is 1.68 bits per heavy atom. The maximum absolute atomic E-state index is 5.83. The van der Waals surface area contributed by atoms with Crippen molar-refractivity contribution in [2.24, 2.45) is 17.7 Å². The second-order valence-corrected chi connectivity index (χ2v) is 6.45. The van der Waals surface area contributed by atoms with Crippen LogP contribution in [0.25, 0.3) is 0 Å². The molecule has 0 aliphatic heterocycles. The predicted octanol–water partition coefficient (Wildman–Crippen LogP) is 4.79. The monoisotopic (exact) mass is 268 g/mol. The van der Waals surface area contributed by atoms with Crippen molar-refractivity contribution in [3.63, 3.8) is 0 Å². The van der Waals surface area contributed by atoms with Gasteiger partial charge in [-0.2, -0.15) is 0 Å². The highest BCUT2D eigenvalue weighted by molar-refractivity contribution is 4.83. The van der Waals surface area contributed by atoms with E-state index in [0.717, 1.165) is 11.8 Å². The summed E-state index contributed by atoms with van der Waals surface area (Å²) < 4.78 is 0. The average molecular weight is 268 g/mol. The van der Waals surface area contributed by atoms with E-state index in [1.165, 1.54) is 77.0 Å². The Morgan fingerprint density at radius 3 is 2.37 bits per heavy atom. The van der Waals surface area contributed by atoms with Crippen LogP contribution in [0.5, 0.6) is 0 Å². The minimum atomic E-state index is 0.566. The molecule has 114 valence electrons. The molecule has 2 heteroatoms. The first kappa shape index (κ1) is 17.0. The fourth-order valence-corrected chi connectivity index (χ4v) is 3.84. The lowest BCUT2D eigenvalue weighted by molar-refractivity contribution is 0.167. The Labute approximate surface area is 120 Å². The third-order valence-electron chi connectivity index (χ3n) is 5.09. The summed E-state index contributed by atoms with van der Waals surface area (Å²) in [5.74, 6) is 7.58. The van der Waals surface area contributed by atoms with Crippen molar-refractivity contribution in [2.75, 3.05) is 0 Å². The van der Waals surface area contributed by atoms with Gasteiger partial charge in [0.05, 0.1) is 0 Å². The Bertz CT molecular complexity index is 205. The van der Waals surface area contributed by atoms with Gasteiger partial charge in [0.25, 0.3) is 0 Å². The summed E-state index contributed by atoms with van der Waals surface area (Å²) in [5, 5.41) is 0. The highest BCUT2D eigenvalue weighted by Crippen LogP contribution is 2.35. The van der Waals surface area contributed by atoms with E-state index in [4.69, 9.17) is 5.84 Å². The number of hydrogen-bond acceptors (Lipinski definition) is 2. The molecule has 1 aliphatic carbocycles. The molecule has 1 fully saturated rings. The number of rotatable bonds is 10. The molecule has 0 bridgehead atoms. The van der Waals surface area contributed by atoms with Gasteiger partial charge < -0.3 is 0 Å². The first-order valence-corrected chi connectivity index (χ1v) is 8.79. The van der Waals surface area contributed by atoms with E-state index in [1.807, 2.05) is 0 Å². The molecular formula is C17H36N2. The minimum Gasteiger partial charge on any atom is -0.271 e. The van der Waals surface area contributed by atoms with Gasteiger partial charge >= 0.3 is 0 Å². The van der Waals surface area contributed by atoms with Gasteiger partial charge in [0, 0.05) is 6.04 Å². The smallest absolute Gasteiger partial charge is 0.0241 e. The molecule has 3 N–H and O–H groups in total. The molecular weight excluding hydrogens is 232 g/mol. The van der Waals surface area contributed by atoms with Crippen molar-refractivity contribution >= 4 is 0 Å². The molecule has 1 saturated carbocycles. The zero-order valence-corrected chi connectivity index (χ0v) is 13.3. The molecule has 0 aromatic heterocycles. The Morgan fingerprint density at radius 1 is 1.00 bits per heavy atom. The van der Waals surface area contributed by atoms with Crippen molar-refractivity contribution in [2.45, 2.75) is 96.9 Å². The second-order valence-electron chi connectivity index (χ2n) is 6.45. The van der Waals surface area contributed by atoms with E-state index in [-0.39, 0.29) is 0 Å². The molecule has 1 rings (SSSR count). The Hall–Kier alpha value is -0.0800. The summed E-state index contributed by atoms with van der Waals surface area (Å²) in [6, 6.07) is 0.566. The molecule has 0 amide bonds. The van der Waals surface area contributed by atoms with E-state index in [0.29, 0.717) is 6.04 Å². The Kier molecular flexibility index (Phi) is 9.54. The van der Waals surface area contributed by atoms with Crippen LogP contribution in [0, 0.1) is 11.8 Å². The van der Waals surface area contributed by atoms with Crippen LogP contribution < -0.4 is 11.3 Å². The summed E-state index contributed by atoms with van der Waals surface area (Å²) in [7, 11) is 0. The number of hydrogen-bond donors (Lipinski definition) is 2. The summed E-state index contributed by atoms with van der Waals surface area (Å²) in [6.07, 6.45) is 16.6. The van der Waals surface area contributed by atoms with Crippen LogP contribution in [0.15, 0.2) is 0 Å². The summed E-state index contributed by atoms with van der Waals surface area (Å²) in [6.45, 7) is 4.63. The molecule has 3 unspecified atom stereocenters. The van der Waals surface area contributed by atoms with Crippen molar-refractivity contribution in [3.8, 4) is 0 Å². The van der Waals surface area contributed by atoms with Gasteiger partial charge in [-0.1, -0.05) is 78.1 Å². The maximum atomic E-state index is 5.83. The zero-order valence-electron chi connectivity index (χ0n) is 13.3. The largest absolute Gasteiger partial charge is 0.271 e. The third-order valence-corrected chi connectivity index (χ3v) is 5.09. The van der Waals surface area contributed by atoms with Gasteiger partial charge in [-0.15, -0.1) is 0 Å². The maximum Gasteiger partial charge on any atom is 0.0241 e. The molecule has 0 aromatic carbocycles. The number of nitrogens with two attached hydrogens (primary N) is 1. The van der Waals surface area contributed by atoms with E-state index in [1.54, 1.807) is 0 Å². The second kappa shape index (κ2) is 10.7. The van der Waals surface area contributed by atoms with Crippen LogP contribution >= 0.6 is 0 Å². The average Bonchev–Trinajstić information content (AvgIpc) is 2.47. The molecule has 0 aromatic rings. The summed E-state index contributed by atoms with van der Waals surface area (Å²) >= 11 is 0. The fraction of sp³-hybridized carbons (Fsp3) is 1.00. The lowest BCUT2D eigenvalue weighted by Gasteiger charge is -2.36. The fourth-order valence-electron chi connectivity index (χ4n) is 3.84. The molecule has 0 saturated heterocycles. The SMILES string of the molecule is CCCCCCCCC(NN)C1CCCCC1CC. The van der Waals surface area contributed by atoms with Crippen LogP contribution in [-0.2, 0) is 0 Å². The van der Waals surface area contributed by atoms with Crippen LogP contribution in [0.3, 0.4) is 0 Å². The van der Waals surface area contributed by atoms with E-state index in [2.05, 4.69) is 19.3 Å². The topological polar surface area (TPSA) is 38.0 Å². The highest BCUT2D eigenvalue weighted by Gasteiger charge is 2.29. The predicted molar refractivity (Wildman–Crippen MR) is 84.8 cm³/mol. The minimum absolute atomic E-state index is 0.566. The molecule has 2 nitrogen and oxygen atoms in total. The van der Waals surface area contributed by atoms with Crippen LogP contribution in [0.4, 0.5) is 0 Å². The normalized spacial score (nSPS) is 25.4. The highest BCUT2D eigenvalue weighted by atomic mass is 15.2. The number of hydrazine groups is 1. The zero-order chi connectivity index (χ0) is 13.9. The van der Waals surface area contributed by atoms with Gasteiger partial charge in [-0.3, -0.25) is 11.3 Å². The van der Waals surface area contributed by atoms with Crippen molar-refractivity contribution in [3.05, 3.63) is 0 Å². The lowest BCUT2D eigenvalue weighted by Crippen LogP contribution is -2.44. The van der Waals surface area contributed by atoms with E-state index in [9.17, 15) is 0 Å². The molecule has 0 radical (unpaired) electrons. The van der Waals surface area contributed by atoms with Crippen LogP contribution in [0.2, 0.25) is 0 Å². The van der Waals surface area contributed by atoms with Gasteiger partial charge in [0.1, 0.15) is 0 Å². The Balaban J connectivity index is 2.23. The molecule has 0 spiro atoms. The third kappa shape index (κ3) is 6.27. The van der Waals surface area contributed by atoms with Gasteiger partial charge in [0.2, 0.25) is 0 Å². The number of nitrogens with one attached hydrogen (secondary N) is 1. The van der Waals surface area contributed by atoms with Crippen molar-refractivity contribution in [1.29, 1.82) is 0 Å². The number of unbranched alkanes of at least 4 members (excludes halogenated alkanes) is 5.